The summed E-state index contributed by atoms with van der Waals surface area (Å²) in [7, 11) is 0. The maximum atomic E-state index is 5.46. The molecule has 18 heavy (non-hydrogen) atoms. The fourth-order valence-electron chi connectivity index (χ4n) is 2.60. The first kappa shape index (κ1) is 15.7. The van der Waals surface area contributed by atoms with Gasteiger partial charge in [-0.15, -0.1) is 6.58 Å². The number of nitrogens with zero attached hydrogens (tertiary/aromatic N) is 1. The highest BCUT2D eigenvalue weighted by Gasteiger charge is 2.35. The molecular weight excluding hydrogens is 224 g/mol. The Morgan fingerprint density at radius 1 is 1.39 bits per heavy atom. The summed E-state index contributed by atoms with van der Waals surface area (Å²) in [6.45, 7) is 18.0. The summed E-state index contributed by atoms with van der Waals surface area (Å²) in [5.74, 6) is 0. The van der Waals surface area contributed by atoms with Gasteiger partial charge in [-0.25, -0.2) is 0 Å². The standard InChI is InChI=1S/C15H30N2O/c1-6-7-16-14(12-13(2)3)15(4,5)17-8-10-18-11-9-17/h14,16H,2,6-12H2,1,3-5H3. The predicted molar refractivity (Wildman–Crippen MR) is 78.0 cm³/mol. The van der Waals surface area contributed by atoms with E-state index in [1.54, 1.807) is 0 Å². The lowest BCUT2D eigenvalue weighted by molar-refractivity contribution is -0.0232. The molecule has 3 heteroatoms. The van der Waals surface area contributed by atoms with Crippen molar-refractivity contribution in [3.8, 4) is 0 Å². The zero-order chi connectivity index (χ0) is 13.6. The number of rotatable bonds is 7. The van der Waals surface area contributed by atoms with Crippen LogP contribution in [0.4, 0.5) is 0 Å². The molecule has 0 aromatic carbocycles. The highest BCUT2D eigenvalue weighted by atomic mass is 16.5. The summed E-state index contributed by atoms with van der Waals surface area (Å²) in [6, 6.07) is 0.466. The Hall–Kier alpha value is -0.380. The van der Waals surface area contributed by atoms with Crippen LogP contribution in [0.3, 0.4) is 0 Å². The first-order valence-corrected chi connectivity index (χ1v) is 7.19. The van der Waals surface area contributed by atoms with E-state index < -0.39 is 0 Å². The molecule has 1 heterocycles. The normalized spacial score (nSPS) is 19.8. The maximum Gasteiger partial charge on any atom is 0.0594 e. The van der Waals surface area contributed by atoms with Gasteiger partial charge in [0.05, 0.1) is 13.2 Å². The highest BCUT2D eigenvalue weighted by molar-refractivity contribution is 5.02. The average Bonchev–Trinajstić information content (AvgIpc) is 2.35. The van der Waals surface area contributed by atoms with E-state index in [9.17, 15) is 0 Å². The molecule has 1 aliphatic heterocycles. The molecule has 1 saturated heterocycles. The molecule has 0 spiro atoms. The van der Waals surface area contributed by atoms with Gasteiger partial charge in [0.1, 0.15) is 0 Å². The van der Waals surface area contributed by atoms with Gasteiger partial charge < -0.3 is 10.1 Å². The van der Waals surface area contributed by atoms with Crippen LogP contribution in [-0.4, -0.2) is 49.3 Å². The van der Waals surface area contributed by atoms with Crippen molar-refractivity contribution in [1.29, 1.82) is 0 Å². The minimum atomic E-state index is 0.151. The van der Waals surface area contributed by atoms with Crippen molar-refractivity contribution in [2.75, 3.05) is 32.8 Å². The smallest absolute Gasteiger partial charge is 0.0594 e. The largest absolute Gasteiger partial charge is 0.379 e. The van der Waals surface area contributed by atoms with Gasteiger partial charge in [-0.2, -0.15) is 0 Å². The number of morpholine rings is 1. The fourth-order valence-corrected chi connectivity index (χ4v) is 2.60. The Bertz CT molecular complexity index is 257. The van der Waals surface area contributed by atoms with E-state index in [0.29, 0.717) is 6.04 Å². The molecule has 1 aliphatic rings. The van der Waals surface area contributed by atoms with Crippen LogP contribution in [0, 0.1) is 0 Å². The fraction of sp³-hybridized carbons (Fsp3) is 0.867. The summed E-state index contributed by atoms with van der Waals surface area (Å²) >= 11 is 0. The molecule has 0 radical (unpaired) electrons. The van der Waals surface area contributed by atoms with Crippen molar-refractivity contribution in [2.45, 2.75) is 52.1 Å². The Morgan fingerprint density at radius 2 is 2.00 bits per heavy atom. The van der Waals surface area contributed by atoms with Gasteiger partial charge in [0.25, 0.3) is 0 Å². The molecule has 1 atom stereocenters. The molecule has 1 rings (SSSR count). The van der Waals surface area contributed by atoms with Crippen LogP contribution >= 0.6 is 0 Å². The summed E-state index contributed by atoms with van der Waals surface area (Å²) in [5.41, 5.74) is 1.41. The summed E-state index contributed by atoms with van der Waals surface area (Å²) in [5, 5.41) is 3.70. The summed E-state index contributed by atoms with van der Waals surface area (Å²) in [6.07, 6.45) is 2.22. The second-order valence-electron chi connectivity index (χ2n) is 5.92. The second kappa shape index (κ2) is 7.27. The van der Waals surface area contributed by atoms with Crippen molar-refractivity contribution in [3.05, 3.63) is 12.2 Å². The van der Waals surface area contributed by atoms with E-state index in [0.717, 1.165) is 39.3 Å². The van der Waals surface area contributed by atoms with Crippen molar-refractivity contribution < 1.29 is 4.74 Å². The third-order valence-electron chi connectivity index (χ3n) is 3.87. The molecule has 3 nitrogen and oxygen atoms in total. The minimum Gasteiger partial charge on any atom is -0.379 e. The number of hydrogen-bond donors (Lipinski definition) is 1. The average molecular weight is 254 g/mol. The number of ether oxygens (including phenoxy) is 1. The summed E-state index contributed by atoms with van der Waals surface area (Å²) < 4.78 is 5.46. The zero-order valence-electron chi connectivity index (χ0n) is 12.6. The lowest BCUT2D eigenvalue weighted by Gasteiger charge is -2.46. The molecule has 1 fully saturated rings. The van der Waals surface area contributed by atoms with Gasteiger partial charge in [0.15, 0.2) is 0 Å². The lowest BCUT2D eigenvalue weighted by Crippen LogP contribution is -2.60. The van der Waals surface area contributed by atoms with Crippen molar-refractivity contribution in [1.82, 2.24) is 10.2 Å². The van der Waals surface area contributed by atoms with E-state index in [1.807, 2.05) is 0 Å². The van der Waals surface area contributed by atoms with Crippen LogP contribution in [0.5, 0.6) is 0 Å². The quantitative estimate of drug-likeness (QED) is 0.706. The monoisotopic (exact) mass is 254 g/mol. The third kappa shape index (κ3) is 4.38. The molecule has 0 aromatic rings. The van der Waals surface area contributed by atoms with Crippen LogP contribution in [0.1, 0.15) is 40.5 Å². The lowest BCUT2D eigenvalue weighted by atomic mass is 9.87. The minimum absolute atomic E-state index is 0.151. The highest BCUT2D eigenvalue weighted by Crippen LogP contribution is 2.24. The molecule has 0 aliphatic carbocycles. The second-order valence-corrected chi connectivity index (χ2v) is 5.92. The Balaban J connectivity index is 2.69. The van der Waals surface area contributed by atoms with Crippen LogP contribution < -0.4 is 5.32 Å². The molecule has 1 N–H and O–H groups in total. The first-order valence-electron chi connectivity index (χ1n) is 7.19. The maximum absolute atomic E-state index is 5.46. The zero-order valence-corrected chi connectivity index (χ0v) is 12.6. The van der Waals surface area contributed by atoms with Gasteiger partial charge in [-0.1, -0.05) is 12.5 Å². The third-order valence-corrected chi connectivity index (χ3v) is 3.87. The van der Waals surface area contributed by atoms with E-state index in [1.165, 1.54) is 12.0 Å². The predicted octanol–water partition coefficient (Wildman–Crippen LogP) is 2.43. The molecule has 106 valence electrons. The van der Waals surface area contributed by atoms with Gasteiger partial charge >= 0.3 is 0 Å². The van der Waals surface area contributed by atoms with Gasteiger partial charge in [0.2, 0.25) is 0 Å². The van der Waals surface area contributed by atoms with Crippen LogP contribution in [-0.2, 0) is 4.74 Å². The van der Waals surface area contributed by atoms with Crippen LogP contribution in [0.25, 0.3) is 0 Å². The van der Waals surface area contributed by atoms with Crippen molar-refractivity contribution in [2.24, 2.45) is 0 Å². The molecule has 0 amide bonds. The Morgan fingerprint density at radius 3 is 2.50 bits per heavy atom. The van der Waals surface area contributed by atoms with Gasteiger partial charge in [-0.3, -0.25) is 4.90 Å². The molecule has 0 aromatic heterocycles. The topological polar surface area (TPSA) is 24.5 Å². The number of hydrogen-bond acceptors (Lipinski definition) is 3. The van der Waals surface area contributed by atoms with E-state index in [4.69, 9.17) is 4.74 Å². The number of nitrogens with one attached hydrogen (secondary N) is 1. The van der Waals surface area contributed by atoms with E-state index in [-0.39, 0.29) is 5.54 Å². The van der Waals surface area contributed by atoms with E-state index >= 15 is 0 Å². The Labute approximate surface area is 113 Å². The van der Waals surface area contributed by atoms with Crippen LogP contribution in [0.15, 0.2) is 12.2 Å². The molecule has 1 unspecified atom stereocenters. The van der Waals surface area contributed by atoms with Crippen LogP contribution in [0.2, 0.25) is 0 Å². The van der Waals surface area contributed by atoms with Crippen molar-refractivity contribution in [3.63, 3.8) is 0 Å². The summed E-state index contributed by atoms with van der Waals surface area (Å²) in [4.78, 5) is 2.55. The van der Waals surface area contributed by atoms with Gasteiger partial charge in [-0.05, 0) is 40.2 Å². The van der Waals surface area contributed by atoms with Crippen molar-refractivity contribution >= 4 is 0 Å². The molecule has 0 bridgehead atoms. The van der Waals surface area contributed by atoms with E-state index in [2.05, 4.69) is 44.5 Å². The SMILES string of the molecule is C=C(C)CC(NCCC)C(C)(C)N1CCOCC1. The molecule has 0 saturated carbocycles. The van der Waals surface area contributed by atoms with Gasteiger partial charge in [0, 0.05) is 24.7 Å². The molecular formula is C15H30N2O. The Kier molecular flexibility index (Phi) is 6.33. The first-order chi connectivity index (χ1) is 8.48.